The second-order valence-electron chi connectivity index (χ2n) is 6.31. The van der Waals surface area contributed by atoms with Gasteiger partial charge in [0.15, 0.2) is 0 Å². The number of carboxylic acid groups (broad SMARTS) is 2. The molecule has 0 aliphatic heterocycles. The van der Waals surface area contributed by atoms with E-state index in [1.54, 1.807) is 0 Å². The number of non-ortho nitro benzene ring substituents is 2. The van der Waals surface area contributed by atoms with Gasteiger partial charge < -0.3 is 19.7 Å². The van der Waals surface area contributed by atoms with Gasteiger partial charge in [-0.1, -0.05) is 0 Å². The van der Waals surface area contributed by atoms with Crippen LogP contribution < -0.4 is 0 Å². The largest absolute Gasteiger partial charge is 0.481 e. The number of carboxylic acids is 2. The monoisotopic (exact) mass is 478 g/mol. The SMILES string of the molecule is O=C(CC(=O)OCc1ccc([N+](=O)[O-])cc1)OCc1ccc([N+](=O)[O-])cc1.O=C(O)CC(=O)O. The Bertz CT molecular complexity index is 965. The number of hydrogen-bond donors (Lipinski definition) is 2. The average molecular weight is 478 g/mol. The Labute approximate surface area is 190 Å². The van der Waals surface area contributed by atoms with Crippen molar-refractivity contribution >= 4 is 35.3 Å². The van der Waals surface area contributed by atoms with Crippen LogP contribution in [0.5, 0.6) is 0 Å². The van der Waals surface area contributed by atoms with Crippen molar-refractivity contribution in [1.29, 1.82) is 0 Å². The topological polar surface area (TPSA) is 213 Å². The Balaban J connectivity index is 0.000000718. The fourth-order valence-corrected chi connectivity index (χ4v) is 2.10. The van der Waals surface area contributed by atoms with Crippen molar-refractivity contribution in [3.8, 4) is 0 Å². The molecule has 180 valence electrons. The van der Waals surface area contributed by atoms with Crippen LogP contribution in [0.2, 0.25) is 0 Å². The predicted octanol–water partition coefficient (Wildman–Crippen LogP) is 2.23. The first-order valence-electron chi connectivity index (χ1n) is 9.19. The minimum absolute atomic E-state index is 0.0834. The van der Waals surface area contributed by atoms with E-state index in [-0.39, 0.29) is 24.6 Å². The Morgan fingerprint density at radius 3 is 1.21 bits per heavy atom. The normalized spacial score (nSPS) is 9.65. The molecule has 0 aliphatic carbocycles. The van der Waals surface area contributed by atoms with Gasteiger partial charge in [-0.3, -0.25) is 39.4 Å². The van der Waals surface area contributed by atoms with E-state index in [1.165, 1.54) is 48.5 Å². The molecule has 0 radical (unpaired) electrons. The van der Waals surface area contributed by atoms with Gasteiger partial charge in [0.25, 0.3) is 11.4 Å². The number of nitro groups is 2. The van der Waals surface area contributed by atoms with Gasteiger partial charge in [0.2, 0.25) is 0 Å². The molecular weight excluding hydrogens is 460 g/mol. The molecule has 0 spiro atoms. The van der Waals surface area contributed by atoms with E-state index in [0.29, 0.717) is 11.1 Å². The highest BCUT2D eigenvalue weighted by Crippen LogP contribution is 2.14. The van der Waals surface area contributed by atoms with Gasteiger partial charge in [0.05, 0.1) is 9.85 Å². The lowest BCUT2D eigenvalue weighted by Gasteiger charge is -2.06. The summed E-state index contributed by atoms with van der Waals surface area (Å²) in [4.78, 5) is 62.1. The second-order valence-corrected chi connectivity index (χ2v) is 6.31. The smallest absolute Gasteiger partial charge is 0.317 e. The van der Waals surface area contributed by atoms with E-state index in [0.717, 1.165) is 0 Å². The van der Waals surface area contributed by atoms with Gasteiger partial charge in [-0.15, -0.1) is 0 Å². The molecule has 0 saturated carbocycles. The summed E-state index contributed by atoms with van der Waals surface area (Å²) in [6.07, 6.45) is -1.40. The molecule has 0 unspecified atom stereocenters. The molecule has 2 N–H and O–H groups in total. The van der Waals surface area contributed by atoms with E-state index < -0.39 is 46.6 Å². The molecule has 2 rings (SSSR count). The van der Waals surface area contributed by atoms with Gasteiger partial charge in [0.1, 0.15) is 26.1 Å². The summed E-state index contributed by atoms with van der Waals surface area (Å²) in [7, 11) is 0. The van der Waals surface area contributed by atoms with Crippen molar-refractivity contribution in [2.45, 2.75) is 26.1 Å². The molecule has 0 bridgehead atoms. The zero-order valence-corrected chi connectivity index (χ0v) is 17.3. The first-order valence-corrected chi connectivity index (χ1v) is 9.19. The fourth-order valence-electron chi connectivity index (χ4n) is 2.10. The minimum atomic E-state index is -1.31. The Kier molecular flexibility index (Phi) is 10.8. The highest BCUT2D eigenvalue weighted by molar-refractivity contribution is 5.91. The summed E-state index contributed by atoms with van der Waals surface area (Å²) in [5.41, 5.74) is 0.904. The number of nitro benzene ring substituents is 2. The molecule has 0 atom stereocenters. The quantitative estimate of drug-likeness (QED) is 0.218. The lowest BCUT2D eigenvalue weighted by atomic mass is 10.2. The number of rotatable bonds is 10. The van der Waals surface area contributed by atoms with Crippen molar-refractivity contribution in [3.05, 3.63) is 79.9 Å². The highest BCUT2D eigenvalue weighted by atomic mass is 16.6. The van der Waals surface area contributed by atoms with Gasteiger partial charge in [-0.25, -0.2) is 0 Å². The van der Waals surface area contributed by atoms with E-state index in [9.17, 15) is 39.4 Å². The average Bonchev–Trinajstić information content (AvgIpc) is 2.76. The lowest BCUT2D eigenvalue weighted by molar-refractivity contribution is -0.385. The maximum Gasteiger partial charge on any atom is 0.317 e. The molecule has 2 aromatic rings. The van der Waals surface area contributed by atoms with Crippen LogP contribution in [0.4, 0.5) is 11.4 Å². The van der Waals surface area contributed by atoms with Gasteiger partial charge in [-0.05, 0) is 35.4 Å². The first-order chi connectivity index (χ1) is 16.0. The third kappa shape index (κ3) is 10.9. The van der Waals surface area contributed by atoms with Crippen molar-refractivity contribution < 1.29 is 48.7 Å². The van der Waals surface area contributed by atoms with Crippen LogP contribution in [-0.2, 0) is 41.9 Å². The Morgan fingerprint density at radius 2 is 0.971 bits per heavy atom. The van der Waals surface area contributed by atoms with Gasteiger partial charge in [-0.2, -0.15) is 0 Å². The van der Waals surface area contributed by atoms with Crippen molar-refractivity contribution in [2.75, 3.05) is 0 Å². The molecule has 0 saturated heterocycles. The Hall–Kier alpha value is -4.88. The number of esters is 2. The van der Waals surface area contributed by atoms with Crippen molar-refractivity contribution in [1.82, 2.24) is 0 Å². The predicted molar refractivity (Wildman–Crippen MR) is 110 cm³/mol. The zero-order chi connectivity index (χ0) is 25.7. The summed E-state index contributed by atoms with van der Waals surface area (Å²) in [5, 5.41) is 36.5. The van der Waals surface area contributed by atoms with Gasteiger partial charge in [0, 0.05) is 24.3 Å². The van der Waals surface area contributed by atoms with E-state index in [1.807, 2.05) is 0 Å². The van der Waals surface area contributed by atoms with Crippen LogP contribution in [0.3, 0.4) is 0 Å². The summed E-state index contributed by atoms with van der Waals surface area (Å²) in [6.45, 7) is -0.265. The molecule has 34 heavy (non-hydrogen) atoms. The third-order valence-corrected chi connectivity index (χ3v) is 3.69. The van der Waals surface area contributed by atoms with Crippen LogP contribution >= 0.6 is 0 Å². The first kappa shape index (κ1) is 27.2. The van der Waals surface area contributed by atoms with Crippen molar-refractivity contribution in [2.24, 2.45) is 0 Å². The number of carbonyl (C=O) groups is 4. The minimum Gasteiger partial charge on any atom is -0.481 e. The second kappa shape index (κ2) is 13.5. The fraction of sp³-hybridized carbons (Fsp3) is 0.200. The maximum absolute atomic E-state index is 11.6. The lowest BCUT2D eigenvalue weighted by Crippen LogP contribution is -2.13. The zero-order valence-electron chi connectivity index (χ0n) is 17.3. The van der Waals surface area contributed by atoms with Crippen molar-refractivity contribution in [3.63, 3.8) is 0 Å². The molecule has 0 aliphatic rings. The third-order valence-electron chi connectivity index (χ3n) is 3.69. The maximum atomic E-state index is 11.6. The van der Waals surface area contributed by atoms with Crippen LogP contribution in [0.1, 0.15) is 24.0 Å². The van der Waals surface area contributed by atoms with Crippen LogP contribution in [0, 0.1) is 20.2 Å². The highest BCUT2D eigenvalue weighted by Gasteiger charge is 2.13. The standard InChI is InChI=1S/C17H14N2O8.C3H4O4/c20-16(26-10-12-1-5-14(6-2-12)18(22)23)9-17(21)27-11-13-3-7-15(8-4-13)19(24)25;4-2(5)1-3(6)7/h1-8H,9-11H2;1H2,(H,4,5)(H,6,7). The number of benzene rings is 2. The number of nitrogens with zero attached hydrogens (tertiary/aromatic N) is 2. The number of hydrogen-bond acceptors (Lipinski definition) is 10. The summed E-state index contributed by atoms with van der Waals surface area (Å²) in [5.74, 6) is -4.23. The van der Waals surface area contributed by atoms with E-state index in [2.05, 4.69) is 0 Å². The van der Waals surface area contributed by atoms with E-state index in [4.69, 9.17) is 19.7 Å². The number of carbonyl (C=O) groups excluding carboxylic acids is 2. The van der Waals surface area contributed by atoms with E-state index >= 15 is 0 Å². The molecule has 2 aromatic carbocycles. The molecule has 0 aromatic heterocycles. The molecular formula is C20H18N2O12. The number of aliphatic carboxylic acids is 2. The summed E-state index contributed by atoms with van der Waals surface area (Å²) < 4.78 is 9.82. The molecule has 0 heterocycles. The molecule has 14 nitrogen and oxygen atoms in total. The molecule has 14 heteroatoms. The summed E-state index contributed by atoms with van der Waals surface area (Å²) in [6, 6.07) is 10.9. The molecule has 0 fully saturated rings. The number of ether oxygens (including phenoxy) is 2. The van der Waals surface area contributed by atoms with Crippen LogP contribution in [0.25, 0.3) is 0 Å². The summed E-state index contributed by atoms with van der Waals surface area (Å²) >= 11 is 0. The van der Waals surface area contributed by atoms with Crippen LogP contribution in [0.15, 0.2) is 48.5 Å². The molecule has 0 amide bonds. The Morgan fingerprint density at radius 1 is 0.647 bits per heavy atom. The van der Waals surface area contributed by atoms with Gasteiger partial charge >= 0.3 is 23.9 Å². The van der Waals surface area contributed by atoms with Crippen LogP contribution in [-0.4, -0.2) is 43.9 Å².